The van der Waals surface area contributed by atoms with Crippen molar-refractivity contribution in [3.63, 3.8) is 0 Å². The van der Waals surface area contributed by atoms with Crippen LogP contribution in [-0.2, 0) is 4.74 Å². The van der Waals surface area contributed by atoms with Crippen LogP contribution in [0.15, 0.2) is 10.9 Å². The van der Waals surface area contributed by atoms with Crippen LogP contribution in [0.2, 0.25) is 0 Å². The highest BCUT2D eigenvalue weighted by Crippen LogP contribution is 2.51. The molecule has 2 rings (SSSR count). The van der Waals surface area contributed by atoms with Crippen molar-refractivity contribution in [2.75, 3.05) is 13.2 Å². The lowest BCUT2D eigenvalue weighted by Gasteiger charge is -2.60. The van der Waals surface area contributed by atoms with Gasteiger partial charge in [0, 0.05) is 23.8 Å². The van der Waals surface area contributed by atoms with E-state index in [4.69, 9.17) is 4.74 Å². The van der Waals surface area contributed by atoms with E-state index in [-0.39, 0.29) is 24.0 Å². The molecule has 1 amide bonds. The SMILES string of the molecule is CCO[C@@H]1C[C@@](CO)(NC(=O)c2cscn2)C1(C)C. The van der Waals surface area contributed by atoms with E-state index in [1.165, 1.54) is 11.3 Å². The molecule has 0 bridgehead atoms. The molecule has 1 aliphatic rings. The molecule has 6 heteroatoms. The van der Waals surface area contributed by atoms with Gasteiger partial charge in [0.15, 0.2) is 0 Å². The summed E-state index contributed by atoms with van der Waals surface area (Å²) in [6.45, 7) is 6.50. The lowest BCUT2D eigenvalue weighted by atomic mass is 9.54. The summed E-state index contributed by atoms with van der Waals surface area (Å²) in [5, 5.41) is 14.4. The highest BCUT2D eigenvalue weighted by molar-refractivity contribution is 7.07. The van der Waals surface area contributed by atoms with Crippen LogP contribution in [0.3, 0.4) is 0 Å². The average molecular weight is 284 g/mol. The zero-order valence-electron chi connectivity index (χ0n) is 11.5. The molecule has 1 aliphatic carbocycles. The number of amides is 1. The van der Waals surface area contributed by atoms with Crippen molar-refractivity contribution in [2.45, 2.75) is 38.8 Å². The van der Waals surface area contributed by atoms with Gasteiger partial charge in [0.05, 0.1) is 23.8 Å². The standard InChI is InChI=1S/C13H20N2O3S/c1-4-18-10-5-13(7-16,12(10,2)3)15-11(17)9-6-19-8-14-9/h6,8,10,16H,4-5,7H2,1-3H3,(H,15,17)/t10-,13+/m1/s1. The lowest BCUT2D eigenvalue weighted by Crippen LogP contribution is -2.74. The summed E-state index contributed by atoms with van der Waals surface area (Å²) < 4.78 is 5.65. The second kappa shape index (κ2) is 5.19. The Kier molecular flexibility index (Phi) is 3.94. The molecule has 0 aromatic carbocycles. The topological polar surface area (TPSA) is 71.5 Å². The molecule has 1 aromatic rings. The number of aliphatic hydroxyl groups excluding tert-OH is 1. The van der Waals surface area contributed by atoms with Crippen molar-refractivity contribution in [1.82, 2.24) is 10.3 Å². The molecule has 1 saturated carbocycles. The molecule has 0 aliphatic heterocycles. The number of ether oxygens (including phenoxy) is 1. The van der Waals surface area contributed by atoms with Crippen LogP contribution in [0.5, 0.6) is 0 Å². The van der Waals surface area contributed by atoms with E-state index in [1.54, 1.807) is 10.9 Å². The van der Waals surface area contributed by atoms with Gasteiger partial charge >= 0.3 is 0 Å². The molecule has 19 heavy (non-hydrogen) atoms. The first-order chi connectivity index (χ1) is 8.97. The third kappa shape index (κ3) is 2.28. The van der Waals surface area contributed by atoms with E-state index in [9.17, 15) is 9.90 Å². The fourth-order valence-electron chi connectivity index (χ4n) is 2.61. The van der Waals surface area contributed by atoms with E-state index in [0.717, 1.165) is 0 Å². The first kappa shape index (κ1) is 14.4. The van der Waals surface area contributed by atoms with Gasteiger partial charge in [-0.25, -0.2) is 4.98 Å². The summed E-state index contributed by atoms with van der Waals surface area (Å²) >= 11 is 1.38. The number of carbonyl (C=O) groups is 1. The van der Waals surface area contributed by atoms with E-state index >= 15 is 0 Å². The van der Waals surface area contributed by atoms with Crippen LogP contribution in [-0.4, -0.2) is 40.9 Å². The number of hydrogen-bond acceptors (Lipinski definition) is 5. The van der Waals surface area contributed by atoms with Crippen LogP contribution in [0.4, 0.5) is 0 Å². The van der Waals surface area contributed by atoms with E-state index in [0.29, 0.717) is 18.7 Å². The zero-order chi connectivity index (χ0) is 14.1. The second-order valence-corrected chi connectivity index (χ2v) is 6.16. The summed E-state index contributed by atoms with van der Waals surface area (Å²) in [7, 11) is 0. The molecule has 1 aromatic heterocycles. The van der Waals surface area contributed by atoms with Gasteiger partial charge in [0.2, 0.25) is 0 Å². The maximum absolute atomic E-state index is 12.1. The van der Waals surface area contributed by atoms with Crippen molar-refractivity contribution in [1.29, 1.82) is 0 Å². The van der Waals surface area contributed by atoms with Crippen LogP contribution >= 0.6 is 11.3 Å². The van der Waals surface area contributed by atoms with Gasteiger partial charge in [-0.2, -0.15) is 0 Å². The maximum atomic E-state index is 12.1. The van der Waals surface area contributed by atoms with Crippen LogP contribution in [0.1, 0.15) is 37.7 Å². The molecule has 0 saturated heterocycles. The number of hydrogen-bond donors (Lipinski definition) is 2. The van der Waals surface area contributed by atoms with Gasteiger partial charge in [-0.1, -0.05) is 13.8 Å². The molecular formula is C13H20N2O3S. The average Bonchev–Trinajstić information content (AvgIpc) is 2.90. The predicted octanol–water partition coefficient (Wildman–Crippen LogP) is 1.44. The van der Waals surface area contributed by atoms with Crippen molar-refractivity contribution in [3.05, 3.63) is 16.6 Å². The largest absolute Gasteiger partial charge is 0.394 e. The second-order valence-electron chi connectivity index (χ2n) is 5.44. The summed E-state index contributed by atoms with van der Waals surface area (Å²) in [5.74, 6) is -0.238. The fraction of sp³-hybridized carbons (Fsp3) is 0.692. The highest BCUT2D eigenvalue weighted by Gasteiger charge is 2.61. The summed E-state index contributed by atoms with van der Waals surface area (Å²) in [6.07, 6.45) is 0.681. The molecule has 106 valence electrons. The Bertz CT molecular complexity index is 447. The Hall–Kier alpha value is -0.980. The number of nitrogens with one attached hydrogen (secondary N) is 1. The molecule has 1 heterocycles. The normalized spacial score (nSPS) is 28.7. The Morgan fingerprint density at radius 3 is 2.89 bits per heavy atom. The number of nitrogens with zero attached hydrogens (tertiary/aromatic N) is 1. The number of aromatic nitrogens is 1. The van der Waals surface area contributed by atoms with Crippen molar-refractivity contribution in [3.8, 4) is 0 Å². The molecule has 2 atom stereocenters. The van der Waals surface area contributed by atoms with Crippen LogP contribution < -0.4 is 5.32 Å². The van der Waals surface area contributed by atoms with E-state index < -0.39 is 5.54 Å². The minimum Gasteiger partial charge on any atom is -0.394 e. The smallest absolute Gasteiger partial charge is 0.271 e. The zero-order valence-corrected chi connectivity index (χ0v) is 12.3. The number of aliphatic hydroxyl groups is 1. The Morgan fingerprint density at radius 1 is 1.68 bits per heavy atom. The Labute approximate surface area is 117 Å². The summed E-state index contributed by atoms with van der Waals surface area (Å²) in [6, 6.07) is 0. The first-order valence-electron chi connectivity index (χ1n) is 6.40. The molecule has 0 radical (unpaired) electrons. The van der Waals surface area contributed by atoms with Gasteiger partial charge in [-0.05, 0) is 6.92 Å². The predicted molar refractivity (Wildman–Crippen MR) is 73.2 cm³/mol. The monoisotopic (exact) mass is 284 g/mol. The van der Waals surface area contributed by atoms with Crippen molar-refractivity contribution < 1.29 is 14.6 Å². The minimum absolute atomic E-state index is 0.0559. The van der Waals surface area contributed by atoms with Gasteiger partial charge in [0.1, 0.15) is 5.69 Å². The molecule has 2 N–H and O–H groups in total. The summed E-state index contributed by atoms with van der Waals surface area (Å²) in [4.78, 5) is 16.1. The van der Waals surface area contributed by atoms with Gasteiger partial charge in [-0.3, -0.25) is 4.79 Å². The first-order valence-corrected chi connectivity index (χ1v) is 7.34. The van der Waals surface area contributed by atoms with Crippen LogP contribution in [0, 0.1) is 5.41 Å². The molecule has 1 fully saturated rings. The van der Waals surface area contributed by atoms with E-state index in [1.807, 2.05) is 20.8 Å². The molecule has 0 unspecified atom stereocenters. The third-order valence-electron chi connectivity index (χ3n) is 4.23. The quantitative estimate of drug-likeness (QED) is 0.858. The minimum atomic E-state index is -0.631. The lowest BCUT2D eigenvalue weighted by molar-refractivity contribution is -0.172. The molecular weight excluding hydrogens is 264 g/mol. The van der Waals surface area contributed by atoms with E-state index in [2.05, 4.69) is 10.3 Å². The number of rotatable bonds is 5. The third-order valence-corrected chi connectivity index (χ3v) is 4.81. The van der Waals surface area contributed by atoms with Gasteiger partial charge in [0.25, 0.3) is 5.91 Å². The Morgan fingerprint density at radius 2 is 2.42 bits per heavy atom. The van der Waals surface area contributed by atoms with Crippen LogP contribution in [0.25, 0.3) is 0 Å². The Balaban J connectivity index is 2.11. The summed E-state index contributed by atoms with van der Waals surface area (Å²) in [5.41, 5.74) is 1.08. The van der Waals surface area contributed by atoms with Gasteiger partial charge < -0.3 is 15.2 Å². The van der Waals surface area contributed by atoms with Gasteiger partial charge in [-0.15, -0.1) is 11.3 Å². The number of carbonyl (C=O) groups excluding carboxylic acids is 1. The fourth-order valence-corrected chi connectivity index (χ4v) is 3.14. The van der Waals surface area contributed by atoms with Crippen molar-refractivity contribution in [2.24, 2.45) is 5.41 Å². The maximum Gasteiger partial charge on any atom is 0.271 e. The number of thiazole rings is 1. The van der Waals surface area contributed by atoms with Crippen molar-refractivity contribution >= 4 is 17.2 Å². The molecule has 0 spiro atoms. The highest BCUT2D eigenvalue weighted by atomic mass is 32.1. The molecule has 5 nitrogen and oxygen atoms in total.